The summed E-state index contributed by atoms with van der Waals surface area (Å²) in [4.78, 5) is 1.51. The molecule has 0 aliphatic carbocycles. The van der Waals surface area contributed by atoms with Gasteiger partial charge >= 0.3 is 0 Å². The SMILES string of the molecule is Cc1ccsc1CCCC[C@@]1(c2ccc(F)cc2)CCO[C@]2(CCOC2)C1. The van der Waals surface area contributed by atoms with Gasteiger partial charge in [-0.25, -0.2) is 4.39 Å². The van der Waals surface area contributed by atoms with E-state index < -0.39 is 0 Å². The van der Waals surface area contributed by atoms with Crippen molar-refractivity contribution in [3.05, 3.63) is 57.5 Å². The molecule has 1 aromatic carbocycles. The standard InChI is InChI=1S/C23H29FO2S/c1-18-9-15-27-21(18)4-2-3-10-22(19-5-7-20(24)8-6-19)11-14-26-23(16-22)12-13-25-17-23/h5-9,15H,2-4,10-14,16-17H2,1H3/t22-,23-/m1/s1. The van der Waals surface area contributed by atoms with E-state index in [0.29, 0.717) is 6.61 Å². The Balaban J connectivity index is 1.49. The van der Waals surface area contributed by atoms with E-state index in [1.165, 1.54) is 28.8 Å². The Morgan fingerprint density at radius 2 is 1.93 bits per heavy atom. The van der Waals surface area contributed by atoms with E-state index in [9.17, 15) is 4.39 Å². The van der Waals surface area contributed by atoms with Gasteiger partial charge in [0.15, 0.2) is 0 Å². The third kappa shape index (κ3) is 4.13. The molecule has 2 aliphatic heterocycles. The summed E-state index contributed by atoms with van der Waals surface area (Å²) in [6.07, 6.45) is 7.66. The van der Waals surface area contributed by atoms with Crippen molar-refractivity contribution in [3.63, 3.8) is 0 Å². The summed E-state index contributed by atoms with van der Waals surface area (Å²) in [5.74, 6) is -0.159. The van der Waals surface area contributed by atoms with Crippen LogP contribution in [-0.4, -0.2) is 25.4 Å². The average molecular weight is 389 g/mol. The monoisotopic (exact) mass is 388 g/mol. The molecule has 2 saturated heterocycles. The van der Waals surface area contributed by atoms with E-state index in [0.717, 1.165) is 45.3 Å². The molecule has 146 valence electrons. The largest absolute Gasteiger partial charge is 0.378 e. The van der Waals surface area contributed by atoms with Crippen LogP contribution in [0.5, 0.6) is 0 Å². The van der Waals surface area contributed by atoms with Gasteiger partial charge in [-0.15, -0.1) is 11.3 Å². The van der Waals surface area contributed by atoms with Crippen LogP contribution in [0.25, 0.3) is 0 Å². The average Bonchev–Trinajstić information content (AvgIpc) is 3.28. The van der Waals surface area contributed by atoms with Gasteiger partial charge in [0.25, 0.3) is 0 Å². The first kappa shape index (κ1) is 19.1. The van der Waals surface area contributed by atoms with Crippen LogP contribution < -0.4 is 0 Å². The maximum Gasteiger partial charge on any atom is 0.123 e. The summed E-state index contributed by atoms with van der Waals surface area (Å²) >= 11 is 1.87. The van der Waals surface area contributed by atoms with E-state index in [1.807, 2.05) is 23.5 Å². The van der Waals surface area contributed by atoms with Crippen LogP contribution >= 0.6 is 11.3 Å². The van der Waals surface area contributed by atoms with Crippen LogP contribution in [0.15, 0.2) is 35.7 Å². The van der Waals surface area contributed by atoms with E-state index in [4.69, 9.17) is 9.47 Å². The number of hydrogen-bond acceptors (Lipinski definition) is 3. The molecule has 0 amide bonds. The molecule has 4 heteroatoms. The molecule has 2 nitrogen and oxygen atoms in total. The molecule has 2 aromatic rings. The Bertz CT molecular complexity index is 748. The van der Waals surface area contributed by atoms with Crippen LogP contribution in [0.2, 0.25) is 0 Å². The van der Waals surface area contributed by atoms with E-state index in [1.54, 1.807) is 12.1 Å². The summed E-state index contributed by atoms with van der Waals surface area (Å²) in [6, 6.07) is 9.42. The highest BCUT2D eigenvalue weighted by Gasteiger charge is 2.48. The molecule has 1 spiro atoms. The predicted molar refractivity (Wildman–Crippen MR) is 108 cm³/mol. The Labute approximate surface area is 165 Å². The lowest BCUT2D eigenvalue weighted by Crippen LogP contribution is -2.48. The normalized spacial score (nSPS) is 28.1. The topological polar surface area (TPSA) is 18.5 Å². The maximum atomic E-state index is 13.5. The third-order valence-corrected chi connectivity index (χ3v) is 7.53. The number of ether oxygens (including phenoxy) is 2. The van der Waals surface area contributed by atoms with Crippen LogP contribution in [0.3, 0.4) is 0 Å². The first-order chi connectivity index (χ1) is 13.1. The van der Waals surface area contributed by atoms with Crippen LogP contribution in [0.1, 0.15) is 54.5 Å². The Morgan fingerprint density at radius 3 is 2.63 bits per heavy atom. The minimum absolute atomic E-state index is 0.0736. The van der Waals surface area contributed by atoms with Crippen molar-refractivity contribution in [1.29, 1.82) is 0 Å². The lowest BCUT2D eigenvalue weighted by Gasteiger charge is -2.46. The van der Waals surface area contributed by atoms with Gasteiger partial charge in [0.05, 0.1) is 12.2 Å². The Hall–Kier alpha value is -1.23. The van der Waals surface area contributed by atoms with Crippen molar-refractivity contribution >= 4 is 11.3 Å². The van der Waals surface area contributed by atoms with Gasteiger partial charge in [-0.2, -0.15) is 0 Å². The summed E-state index contributed by atoms with van der Waals surface area (Å²) in [5.41, 5.74) is 2.62. The van der Waals surface area contributed by atoms with E-state index in [2.05, 4.69) is 18.4 Å². The lowest BCUT2D eigenvalue weighted by molar-refractivity contribution is -0.108. The molecule has 4 rings (SSSR count). The summed E-state index contributed by atoms with van der Waals surface area (Å²) in [6.45, 7) is 4.46. The molecule has 0 saturated carbocycles. The van der Waals surface area contributed by atoms with Crippen molar-refractivity contribution in [2.75, 3.05) is 19.8 Å². The minimum atomic E-state index is -0.159. The highest BCUT2D eigenvalue weighted by molar-refractivity contribution is 7.10. The number of benzene rings is 1. The molecule has 2 aliphatic rings. The third-order valence-electron chi connectivity index (χ3n) is 6.45. The number of thiophene rings is 1. The predicted octanol–water partition coefficient (Wildman–Crippen LogP) is 5.82. The minimum Gasteiger partial charge on any atom is -0.378 e. The van der Waals surface area contributed by atoms with Gasteiger partial charge in [-0.3, -0.25) is 0 Å². The van der Waals surface area contributed by atoms with Gasteiger partial charge in [0.2, 0.25) is 0 Å². The first-order valence-corrected chi connectivity index (χ1v) is 11.0. The van der Waals surface area contributed by atoms with Crippen molar-refractivity contribution in [3.8, 4) is 0 Å². The molecule has 2 atom stereocenters. The molecule has 2 fully saturated rings. The van der Waals surface area contributed by atoms with Gasteiger partial charge in [0, 0.05) is 29.9 Å². The second-order valence-corrected chi connectivity index (χ2v) is 9.28. The highest BCUT2D eigenvalue weighted by atomic mass is 32.1. The Morgan fingerprint density at radius 1 is 1.07 bits per heavy atom. The molecule has 0 N–H and O–H groups in total. The summed E-state index contributed by atoms with van der Waals surface area (Å²) < 4.78 is 25.4. The summed E-state index contributed by atoms with van der Waals surface area (Å²) in [5, 5.41) is 2.19. The van der Waals surface area contributed by atoms with Crippen LogP contribution in [-0.2, 0) is 21.3 Å². The van der Waals surface area contributed by atoms with Gasteiger partial charge in [0.1, 0.15) is 5.82 Å². The second-order valence-electron chi connectivity index (χ2n) is 8.28. The van der Waals surface area contributed by atoms with Crippen molar-refractivity contribution < 1.29 is 13.9 Å². The number of unbranched alkanes of at least 4 members (excludes halogenated alkanes) is 1. The van der Waals surface area contributed by atoms with Crippen LogP contribution in [0.4, 0.5) is 4.39 Å². The zero-order valence-corrected chi connectivity index (χ0v) is 17.0. The molecular weight excluding hydrogens is 359 g/mol. The highest BCUT2D eigenvalue weighted by Crippen LogP contribution is 2.47. The summed E-state index contributed by atoms with van der Waals surface area (Å²) in [7, 11) is 0. The first-order valence-electron chi connectivity index (χ1n) is 10.1. The molecule has 1 aromatic heterocycles. The van der Waals surface area contributed by atoms with Crippen molar-refractivity contribution in [1.82, 2.24) is 0 Å². The van der Waals surface area contributed by atoms with Gasteiger partial charge < -0.3 is 9.47 Å². The molecule has 27 heavy (non-hydrogen) atoms. The molecular formula is C23H29FO2S. The number of halogens is 1. The quantitative estimate of drug-likeness (QED) is 0.581. The number of rotatable bonds is 6. The van der Waals surface area contributed by atoms with E-state index in [-0.39, 0.29) is 16.8 Å². The van der Waals surface area contributed by atoms with Crippen LogP contribution in [0, 0.1) is 12.7 Å². The van der Waals surface area contributed by atoms with Gasteiger partial charge in [-0.1, -0.05) is 18.6 Å². The molecule has 3 heterocycles. The smallest absolute Gasteiger partial charge is 0.123 e. The fourth-order valence-corrected chi connectivity index (χ4v) is 5.83. The molecule has 0 bridgehead atoms. The fraction of sp³-hybridized carbons (Fsp3) is 0.565. The fourth-order valence-electron chi connectivity index (χ4n) is 4.88. The molecule has 0 radical (unpaired) electrons. The maximum absolute atomic E-state index is 13.5. The van der Waals surface area contributed by atoms with Gasteiger partial charge in [-0.05, 0) is 73.7 Å². The number of aryl methyl sites for hydroxylation is 2. The second kappa shape index (κ2) is 8.02. The Kier molecular flexibility index (Phi) is 5.68. The molecule has 0 unspecified atom stereocenters. The number of hydrogen-bond donors (Lipinski definition) is 0. The van der Waals surface area contributed by atoms with Crippen molar-refractivity contribution in [2.24, 2.45) is 0 Å². The zero-order chi connectivity index (χ0) is 18.7. The lowest BCUT2D eigenvalue weighted by atomic mass is 9.65. The van der Waals surface area contributed by atoms with Crippen molar-refractivity contribution in [2.45, 2.75) is 62.9 Å². The van der Waals surface area contributed by atoms with E-state index >= 15 is 0 Å². The zero-order valence-electron chi connectivity index (χ0n) is 16.1.